The minimum atomic E-state index is -2.82. The van der Waals surface area contributed by atoms with Crippen molar-refractivity contribution in [3.63, 3.8) is 0 Å². The van der Waals surface area contributed by atoms with Crippen LogP contribution in [0, 0.1) is 5.92 Å². The van der Waals surface area contributed by atoms with Crippen LogP contribution < -0.4 is 0 Å². The molecule has 4 heteroatoms. The largest absolute Gasteiger partial charge is 0.364 e. The van der Waals surface area contributed by atoms with Crippen LogP contribution in [0.4, 0.5) is 8.78 Å². The zero-order chi connectivity index (χ0) is 21.3. The molecule has 2 atom stereocenters. The molecule has 1 saturated heterocycles. The van der Waals surface area contributed by atoms with Crippen LogP contribution in [0.2, 0.25) is 0 Å². The summed E-state index contributed by atoms with van der Waals surface area (Å²) in [4.78, 5) is 3.02. The second-order valence-corrected chi connectivity index (χ2v) is 8.68. The highest BCUT2D eigenvalue weighted by Crippen LogP contribution is 2.41. The first-order valence-corrected chi connectivity index (χ1v) is 11.5. The molecule has 0 spiro atoms. The molecule has 0 N–H and O–H groups in total. The van der Waals surface area contributed by atoms with E-state index in [1.54, 1.807) is 22.7 Å². The predicted molar refractivity (Wildman–Crippen MR) is 123 cm³/mol. The Balaban J connectivity index is 1.91. The number of likely N-dealkylation sites (tertiary alicyclic amines) is 1. The van der Waals surface area contributed by atoms with E-state index < -0.39 is 5.92 Å². The van der Waals surface area contributed by atoms with Crippen LogP contribution in [0.3, 0.4) is 0 Å². The molecule has 1 aromatic rings. The third-order valence-electron chi connectivity index (χ3n) is 5.35. The maximum atomic E-state index is 14.3. The van der Waals surface area contributed by atoms with Crippen LogP contribution in [-0.2, 0) is 6.42 Å². The van der Waals surface area contributed by atoms with Gasteiger partial charge in [0.25, 0.3) is 5.92 Å². The SMILES string of the molecule is C=C/C=C(/CCCN1C(=C)C(F)(F)CC1/C=C/CC(C)Cc1ccccc1)SC. The van der Waals surface area contributed by atoms with Gasteiger partial charge in [-0.1, -0.05) is 74.7 Å². The van der Waals surface area contributed by atoms with Gasteiger partial charge in [0.2, 0.25) is 0 Å². The van der Waals surface area contributed by atoms with Crippen molar-refractivity contribution < 1.29 is 8.78 Å². The standard InChI is InChI=1S/C25H33F2NS/c1-5-11-24(29-4)16-10-17-28-21(3)25(26,27)19-23(28)15-9-12-20(2)18-22-13-7-6-8-14-22/h5-9,11,13-15,20,23H,1,3,10,12,16-19H2,2,4H3/b15-9+,24-11-. The molecule has 0 saturated carbocycles. The molecule has 1 aliphatic heterocycles. The van der Waals surface area contributed by atoms with Gasteiger partial charge in [-0.2, -0.15) is 8.78 Å². The van der Waals surface area contributed by atoms with E-state index in [0.717, 1.165) is 25.7 Å². The Labute approximate surface area is 179 Å². The molecule has 1 fully saturated rings. The summed E-state index contributed by atoms with van der Waals surface area (Å²) in [7, 11) is 0. The molecule has 1 aliphatic rings. The normalized spacial score (nSPS) is 20.4. The minimum absolute atomic E-state index is 0.0390. The monoisotopic (exact) mass is 417 g/mol. The van der Waals surface area contributed by atoms with Crippen molar-refractivity contribution in [2.75, 3.05) is 12.8 Å². The van der Waals surface area contributed by atoms with Gasteiger partial charge in [-0.25, -0.2) is 0 Å². The van der Waals surface area contributed by atoms with Gasteiger partial charge in [0.1, 0.15) is 0 Å². The van der Waals surface area contributed by atoms with Crippen LogP contribution in [0.15, 0.2) is 78.4 Å². The Kier molecular flexibility index (Phi) is 9.22. The van der Waals surface area contributed by atoms with Crippen LogP contribution >= 0.6 is 11.8 Å². The van der Waals surface area contributed by atoms with Gasteiger partial charge in [0.15, 0.2) is 0 Å². The number of benzene rings is 1. The van der Waals surface area contributed by atoms with Crippen LogP contribution in [0.25, 0.3) is 0 Å². The van der Waals surface area contributed by atoms with E-state index in [-0.39, 0.29) is 18.2 Å². The molecule has 1 heterocycles. The van der Waals surface area contributed by atoms with Crippen molar-refractivity contribution in [3.8, 4) is 0 Å². The zero-order valence-corrected chi connectivity index (χ0v) is 18.4. The first-order valence-electron chi connectivity index (χ1n) is 10.3. The van der Waals surface area contributed by atoms with E-state index in [2.05, 4.69) is 50.4 Å². The molecule has 0 amide bonds. The van der Waals surface area contributed by atoms with Crippen molar-refractivity contribution in [1.29, 1.82) is 0 Å². The maximum absolute atomic E-state index is 14.3. The molecular weight excluding hydrogens is 384 g/mol. The molecule has 0 radical (unpaired) electrons. The number of allylic oxidation sites excluding steroid dienone is 5. The molecule has 29 heavy (non-hydrogen) atoms. The maximum Gasteiger partial charge on any atom is 0.289 e. The van der Waals surface area contributed by atoms with E-state index in [1.165, 1.54) is 10.5 Å². The van der Waals surface area contributed by atoms with Crippen molar-refractivity contribution in [3.05, 3.63) is 84.0 Å². The fourth-order valence-corrected chi connectivity index (χ4v) is 4.33. The third-order valence-corrected chi connectivity index (χ3v) is 6.21. The third kappa shape index (κ3) is 7.18. The lowest BCUT2D eigenvalue weighted by Gasteiger charge is -2.25. The quantitative estimate of drug-likeness (QED) is 0.276. The number of hydrogen-bond acceptors (Lipinski definition) is 2. The summed E-state index contributed by atoms with van der Waals surface area (Å²) in [5.41, 5.74) is 1.27. The van der Waals surface area contributed by atoms with Gasteiger partial charge in [0.05, 0.1) is 11.7 Å². The summed E-state index contributed by atoms with van der Waals surface area (Å²) in [5, 5.41) is 0. The Bertz CT molecular complexity index is 724. The van der Waals surface area contributed by atoms with Crippen molar-refractivity contribution in [2.24, 2.45) is 5.92 Å². The average Bonchev–Trinajstić information content (AvgIpc) is 2.91. The second kappa shape index (κ2) is 11.4. The van der Waals surface area contributed by atoms with Crippen molar-refractivity contribution in [1.82, 2.24) is 4.90 Å². The lowest BCUT2D eigenvalue weighted by Crippen LogP contribution is -2.28. The molecule has 0 bridgehead atoms. The summed E-state index contributed by atoms with van der Waals surface area (Å²) in [6.07, 6.45) is 13.2. The number of halogens is 2. The van der Waals surface area contributed by atoms with Gasteiger partial charge in [-0.05, 0) is 48.3 Å². The summed E-state index contributed by atoms with van der Waals surface area (Å²) >= 11 is 1.68. The average molecular weight is 418 g/mol. The van der Waals surface area contributed by atoms with E-state index in [0.29, 0.717) is 12.5 Å². The Morgan fingerprint density at radius 2 is 2.07 bits per heavy atom. The van der Waals surface area contributed by atoms with Crippen LogP contribution in [0.1, 0.15) is 38.2 Å². The van der Waals surface area contributed by atoms with Gasteiger partial charge in [0, 0.05) is 13.0 Å². The number of nitrogens with zero attached hydrogens (tertiary/aromatic N) is 1. The van der Waals surface area contributed by atoms with Gasteiger partial charge in [-0.3, -0.25) is 0 Å². The van der Waals surface area contributed by atoms with E-state index >= 15 is 0 Å². The number of thioether (sulfide) groups is 1. The van der Waals surface area contributed by atoms with Crippen molar-refractivity contribution in [2.45, 2.75) is 51.0 Å². The molecule has 2 rings (SSSR count). The topological polar surface area (TPSA) is 3.24 Å². The Morgan fingerprint density at radius 1 is 1.34 bits per heavy atom. The van der Waals surface area contributed by atoms with Crippen molar-refractivity contribution >= 4 is 11.8 Å². The molecular formula is C25H33F2NS. The highest BCUT2D eigenvalue weighted by atomic mass is 32.2. The molecule has 2 unspecified atom stereocenters. The first kappa shape index (κ1) is 23.5. The van der Waals surface area contributed by atoms with Crippen LogP contribution in [-0.4, -0.2) is 29.7 Å². The van der Waals surface area contributed by atoms with Gasteiger partial charge in [-0.15, -0.1) is 11.8 Å². The summed E-state index contributed by atoms with van der Waals surface area (Å²) in [6, 6.07) is 10.1. The smallest absolute Gasteiger partial charge is 0.289 e. The summed E-state index contributed by atoms with van der Waals surface area (Å²) in [5.74, 6) is -2.34. The number of rotatable bonds is 11. The van der Waals surface area contributed by atoms with Crippen LogP contribution in [0.5, 0.6) is 0 Å². The second-order valence-electron chi connectivity index (χ2n) is 7.75. The van der Waals surface area contributed by atoms with E-state index in [9.17, 15) is 8.78 Å². The highest BCUT2D eigenvalue weighted by molar-refractivity contribution is 8.02. The highest BCUT2D eigenvalue weighted by Gasteiger charge is 2.47. The molecule has 158 valence electrons. The van der Waals surface area contributed by atoms with E-state index in [1.807, 2.05) is 24.5 Å². The van der Waals surface area contributed by atoms with E-state index in [4.69, 9.17) is 0 Å². The van der Waals surface area contributed by atoms with Gasteiger partial charge < -0.3 is 4.90 Å². The molecule has 1 aromatic carbocycles. The number of hydrogen-bond donors (Lipinski definition) is 0. The molecule has 0 aliphatic carbocycles. The Hall–Kier alpha value is -1.81. The lowest BCUT2D eigenvalue weighted by molar-refractivity contribution is 0.0452. The summed E-state index contributed by atoms with van der Waals surface area (Å²) < 4.78 is 28.6. The first-order chi connectivity index (χ1) is 13.9. The number of alkyl halides is 2. The predicted octanol–water partition coefficient (Wildman–Crippen LogP) is 7.25. The zero-order valence-electron chi connectivity index (χ0n) is 17.6. The minimum Gasteiger partial charge on any atom is -0.364 e. The lowest BCUT2D eigenvalue weighted by atomic mass is 9.97. The molecule has 0 aromatic heterocycles. The Morgan fingerprint density at radius 3 is 2.72 bits per heavy atom. The fraction of sp³-hybridized carbons (Fsp3) is 0.440. The van der Waals surface area contributed by atoms with Gasteiger partial charge >= 0.3 is 0 Å². The molecule has 1 nitrogen and oxygen atoms in total. The summed E-state index contributed by atoms with van der Waals surface area (Å²) in [6.45, 7) is 10.2. The fourth-order valence-electron chi connectivity index (χ4n) is 3.75.